The van der Waals surface area contributed by atoms with Gasteiger partial charge in [-0.1, -0.05) is 35.9 Å². The third-order valence-electron chi connectivity index (χ3n) is 2.59. The van der Waals surface area contributed by atoms with Crippen molar-refractivity contribution >= 4 is 23.3 Å². The number of benzene rings is 2. The van der Waals surface area contributed by atoms with Crippen molar-refractivity contribution in [3.63, 3.8) is 0 Å². The Hall–Kier alpha value is -2.07. The molecule has 0 unspecified atom stereocenters. The van der Waals surface area contributed by atoms with E-state index in [0.29, 0.717) is 5.56 Å². The highest BCUT2D eigenvalue weighted by atomic mass is 35.5. The number of esters is 1. The SMILES string of the molecule is Nc1c(Cl)cccc1C(=O)OCc1ccccc1F. The van der Waals surface area contributed by atoms with E-state index in [0.717, 1.165) is 0 Å². The Bertz CT molecular complexity index is 616. The minimum absolute atomic E-state index is 0.155. The molecule has 3 nitrogen and oxygen atoms in total. The molecule has 2 aromatic rings. The fourth-order valence-corrected chi connectivity index (χ4v) is 1.73. The third-order valence-corrected chi connectivity index (χ3v) is 2.92. The molecule has 0 saturated heterocycles. The first kappa shape index (κ1) is 13.4. The number of hydrogen-bond acceptors (Lipinski definition) is 3. The molecular formula is C14H11ClFNO2. The molecule has 0 aliphatic heterocycles. The number of hydrogen-bond donors (Lipinski definition) is 1. The Labute approximate surface area is 114 Å². The molecule has 98 valence electrons. The van der Waals surface area contributed by atoms with E-state index in [4.69, 9.17) is 22.1 Å². The summed E-state index contributed by atoms with van der Waals surface area (Å²) in [6.45, 7) is -0.155. The second-order valence-electron chi connectivity index (χ2n) is 3.87. The largest absolute Gasteiger partial charge is 0.457 e. The zero-order valence-electron chi connectivity index (χ0n) is 9.90. The molecular weight excluding hydrogens is 269 g/mol. The van der Waals surface area contributed by atoms with Gasteiger partial charge in [-0.15, -0.1) is 0 Å². The summed E-state index contributed by atoms with van der Waals surface area (Å²) in [5.74, 6) is -1.06. The molecule has 0 saturated carbocycles. The van der Waals surface area contributed by atoms with E-state index in [-0.39, 0.29) is 22.9 Å². The minimum Gasteiger partial charge on any atom is -0.457 e. The summed E-state index contributed by atoms with van der Waals surface area (Å²) in [6, 6.07) is 10.8. The van der Waals surface area contributed by atoms with Crippen LogP contribution in [-0.2, 0) is 11.3 Å². The fourth-order valence-electron chi connectivity index (χ4n) is 1.55. The number of halogens is 2. The Morgan fingerprint density at radius 2 is 1.95 bits per heavy atom. The second kappa shape index (κ2) is 5.71. The number of para-hydroxylation sites is 1. The first-order chi connectivity index (χ1) is 9.09. The Balaban J connectivity index is 2.10. The highest BCUT2D eigenvalue weighted by Gasteiger charge is 2.13. The average molecular weight is 280 g/mol. The summed E-state index contributed by atoms with van der Waals surface area (Å²) in [5, 5.41) is 0.278. The molecule has 0 bridgehead atoms. The molecule has 0 heterocycles. The molecule has 2 aromatic carbocycles. The van der Waals surface area contributed by atoms with Gasteiger partial charge in [0.15, 0.2) is 0 Å². The van der Waals surface area contributed by atoms with Gasteiger partial charge in [0.25, 0.3) is 0 Å². The van der Waals surface area contributed by atoms with Gasteiger partial charge >= 0.3 is 5.97 Å². The third kappa shape index (κ3) is 3.03. The van der Waals surface area contributed by atoms with Gasteiger partial charge in [0.2, 0.25) is 0 Å². The maximum absolute atomic E-state index is 13.3. The zero-order chi connectivity index (χ0) is 13.8. The van der Waals surface area contributed by atoms with Crippen molar-refractivity contribution in [2.45, 2.75) is 6.61 Å². The molecule has 0 aliphatic rings. The van der Waals surface area contributed by atoms with Gasteiger partial charge in [-0.25, -0.2) is 9.18 Å². The van der Waals surface area contributed by atoms with E-state index in [9.17, 15) is 9.18 Å². The number of ether oxygens (including phenoxy) is 1. The Morgan fingerprint density at radius 3 is 2.68 bits per heavy atom. The number of nitrogen functional groups attached to an aromatic ring is 1. The van der Waals surface area contributed by atoms with Gasteiger partial charge in [0, 0.05) is 5.56 Å². The lowest BCUT2D eigenvalue weighted by atomic mass is 10.2. The quantitative estimate of drug-likeness (QED) is 0.692. The van der Waals surface area contributed by atoms with Crippen molar-refractivity contribution in [2.75, 3.05) is 5.73 Å². The lowest BCUT2D eigenvalue weighted by Gasteiger charge is -2.08. The molecule has 0 fully saturated rings. The van der Waals surface area contributed by atoms with Crippen molar-refractivity contribution < 1.29 is 13.9 Å². The van der Waals surface area contributed by atoms with Gasteiger partial charge in [-0.2, -0.15) is 0 Å². The summed E-state index contributed by atoms with van der Waals surface area (Å²) in [7, 11) is 0. The van der Waals surface area contributed by atoms with Gasteiger partial charge < -0.3 is 10.5 Å². The summed E-state index contributed by atoms with van der Waals surface area (Å²) >= 11 is 5.81. The van der Waals surface area contributed by atoms with Crippen LogP contribution in [0.5, 0.6) is 0 Å². The number of carbonyl (C=O) groups is 1. The van der Waals surface area contributed by atoms with E-state index in [1.54, 1.807) is 30.3 Å². The molecule has 2 N–H and O–H groups in total. The molecule has 0 atom stereocenters. The van der Waals surface area contributed by atoms with Crippen LogP contribution in [0.25, 0.3) is 0 Å². The normalized spacial score (nSPS) is 10.2. The first-order valence-corrected chi connectivity index (χ1v) is 5.92. The van der Waals surface area contributed by atoms with Crippen molar-refractivity contribution in [2.24, 2.45) is 0 Å². The predicted octanol–water partition coefficient (Wildman–Crippen LogP) is 3.42. The standard InChI is InChI=1S/C14H11ClFNO2/c15-11-6-3-5-10(13(11)17)14(18)19-8-9-4-1-2-7-12(9)16/h1-7H,8,17H2. The molecule has 0 aliphatic carbocycles. The van der Waals surface area contributed by atoms with Crippen molar-refractivity contribution in [3.05, 3.63) is 64.4 Å². The van der Waals surface area contributed by atoms with E-state index >= 15 is 0 Å². The lowest BCUT2D eigenvalue weighted by molar-refractivity contribution is 0.0470. The van der Waals surface area contributed by atoms with Gasteiger partial charge in [-0.05, 0) is 18.2 Å². The first-order valence-electron chi connectivity index (χ1n) is 5.54. The van der Waals surface area contributed by atoms with Crippen LogP contribution in [0, 0.1) is 5.82 Å². The van der Waals surface area contributed by atoms with Crippen LogP contribution >= 0.6 is 11.6 Å². The van der Waals surface area contributed by atoms with Crippen LogP contribution in [0.4, 0.5) is 10.1 Å². The van der Waals surface area contributed by atoms with Crippen LogP contribution in [0.15, 0.2) is 42.5 Å². The number of anilines is 1. The van der Waals surface area contributed by atoms with Gasteiger partial charge in [0.1, 0.15) is 12.4 Å². The summed E-state index contributed by atoms with van der Waals surface area (Å²) in [6.07, 6.45) is 0. The lowest BCUT2D eigenvalue weighted by Crippen LogP contribution is -2.09. The molecule has 0 spiro atoms. The number of carbonyl (C=O) groups excluding carboxylic acids is 1. The zero-order valence-corrected chi connectivity index (χ0v) is 10.7. The van der Waals surface area contributed by atoms with Gasteiger partial charge in [-0.3, -0.25) is 0 Å². The topological polar surface area (TPSA) is 52.3 Å². The van der Waals surface area contributed by atoms with Crippen molar-refractivity contribution in [1.82, 2.24) is 0 Å². The number of rotatable bonds is 3. The Morgan fingerprint density at radius 1 is 1.21 bits per heavy atom. The maximum atomic E-state index is 13.3. The van der Waals surface area contributed by atoms with E-state index in [1.807, 2.05) is 0 Å². The molecule has 2 rings (SSSR count). The molecule has 0 amide bonds. The van der Waals surface area contributed by atoms with Crippen LogP contribution in [0.1, 0.15) is 15.9 Å². The van der Waals surface area contributed by atoms with Crippen molar-refractivity contribution in [1.29, 1.82) is 0 Å². The van der Waals surface area contributed by atoms with Crippen LogP contribution in [0.3, 0.4) is 0 Å². The fraction of sp³-hybridized carbons (Fsp3) is 0.0714. The van der Waals surface area contributed by atoms with Crippen molar-refractivity contribution in [3.8, 4) is 0 Å². The van der Waals surface area contributed by atoms with E-state index in [2.05, 4.69) is 0 Å². The van der Waals surface area contributed by atoms with Gasteiger partial charge in [0.05, 0.1) is 16.3 Å². The molecule has 5 heteroatoms. The molecule has 19 heavy (non-hydrogen) atoms. The minimum atomic E-state index is -0.636. The smallest absolute Gasteiger partial charge is 0.340 e. The maximum Gasteiger partial charge on any atom is 0.340 e. The molecule has 0 radical (unpaired) electrons. The van der Waals surface area contributed by atoms with Crippen LogP contribution in [0.2, 0.25) is 5.02 Å². The molecule has 0 aromatic heterocycles. The Kier molecular flexibility index (Phi) is 4.02. The highest BCUT2D eigenvalue weighted by Crippen LogP contribution is 2.23. The highest BCUT2D eigenvalue weighted by molar-refractivity contribution is 6.33. The van der Waals surface area contributed by atoms with Crippen LogP contribution < -0.4 is 5.73 Å². The average Bonchev–Trinajstić information content (AvgIpc) is 2.40. The summed E-state index contributed by atoms with van der Waals surface area (Å²) in [4.78, 5) is 11.8. The van der Waals surface area contributed by atoms with E-state index in [1.165, 1.54) is 12.1 Å². The second-order valence-corrected chi connectivity index (χ2v) is 4.28. The van der Waals surface area contributed by atoms with Crippen LogP contribution in [-0.4, -0.2) is 5.97 Å². The summed E-state index contributed by atoms with van der Waals surface area (Å²) < 4.78 is 18.4. The number of nitrogens with two attached hydrogens (primary N) is 1. The predicted molar refractivity (Wildman–Crippen MR) is 71.4 cm³/mol. The summed E-state index contributed by atoms with van der Waals surface area (Å²) in [5.41, 5.74) is 6.30. The van der Waals surface area contributed by atoms with E-state index < -0.39 is 11.8 Å². The monoisotopic (exact) mass is 279 g/mol.